The number of benzene rings is 1. The molecule has 3 rings (SSSR count). The van der Waals surface area contributed by atoms with Gasteiger partial charge in [0.25, 0.3) is 0 Å². The third kappa shape index (κ3) is 2.67. The van der Waals surface area contributed by atoms with Crippen molar-refractivity contribution in [1.82, 2.24) is 15.1 Å². The van der Waals surface area contributed by atoms with Crippen molar-refractivity contribution in [2.24, 2.45) is 0 Å². The molecule has 0 aliphatic carbocycles. The lowest BCUT2D eigenvalue weighted by Gasteiger charge is -2.34. The Morgan fingerprint density at radius 1 is 1.19 bits per heavy atom. The van der Waals surface area contributed by atoms with Gasteiger partial charge in [0.15, 0.2) is 0 Å². The fourth-order valence-electron chi connectivity index (χ4n) is 2.67. The van der Waals surface area contributed by atoms with Crippen LogP contribution in [0.25, 0.3) is 11.1 Å². The molecule has 2 aromatic rings. The number of ether oxygens (including phenoxy) is 1. The molecule has 0 amide bonds. The Kier molecular flexibility index (Phi) is 3.70. The molecule has 0 unspecified atom stereocenters. The van der Waals surface area contributed by atoms with Crippen LogP contribution in [-0.2, 0) is 0 Å². The molecule has 1 aromatic heterocycles. The smallest absolute Gasteiger partial charge is 0.128 e. The average Bonchev–Trinajstić information content (AvgIpc) is 2.93. The topological polar surface area (TPSA) is 70.4 Å². The van der Waals surface area contributed by atoms with E-state index in [1.807, 2.05) is 6.07 Å². The molecular formula is C15H21N5O. The Bertz CT molecular complexity index is 616. The quantitative estimate of drug-likeness (QED) is 0.893. The van der Waals surface area contributed by atoms with Crippen molar-refractivity contribution >= 4 is 11.5 Å². The van der Waals surface area contributed by atoms with E-state index in [-0.39, 0.29) is 0 Å². The first kappa shape index (κ1) is 13.8. The molecule has 1 aliphatic heterocycles. The first-order valence-electron chi connectivity index (χ1n) is 7.10. The van der Waals surface area contributed by atoms with Crippen LogP contribution in [0.4, 0.5) is 11.5 Å². The summed E-state index contributed by atoms with van der Waals surface area (Å²) in [6.45, 7) is 4.23. The summed E-state index contributed by atoms with van der Waals surface area (Å²) < 4.78 is 5.54. The molecule has 0 atom stereocenters. The average molecular weight is 287 g/mol. The van der Waals surface area contributed by atoms with Crippen LogP contribution >= 0.6 is 0 Å². The normalized spacial score (nSPS) is 16.2. The van der Waals surface area contributed by atoms with Crippen molar-refractivity contribution < 1.29 is 4.74 Å². The van der Waals surface area contributed by atoms with Gasteiger partial charge in [0.05, 0.1) is 13.3 Å². The predicted molar refractivity (Wildman–Crippen MR) is 84.7 cm³/mol. The van der Waals surface area contributed by atoms with Crippen molar-refractivity contribution in [3.63, 3.8) is 0 Å². The summed E-state index contributed by atoms with van der Waals surface area (Å²) in [4.78, 5) is 4.72. The van der Waals surface area contributed by atoms with Crippen LogP contribution in [0.15, 0.2) is 24.4 Å². The lowest BCUT2D eigenvalue weighted by molar-refractivity contribution is 0.312. The highest BCUT2D eigenvalue weighted by Crippen LogP contribution is 2.35. The van der Waals surface area contributed by atoms with Gasteiger partial charge in [-0.25, -0.2) is 0 Å². The molecule has 6 nitrogen and oxygen atoms in total. The van der Waals surface area contributed by atoms with Crippen LogP contribution in [-0.4, -0.2) is 55.4 Å². The van der Waals surface area contributed by atoms with Gasteiger partial charge in [-0.15, -0.1) is 0 Å². The number of nitrogens with two attached hydrogens (primary N) is 1. The van der Waals surface area contributed by atoms with Crippen molar-refractivity contribution in [1.29, 1.82) is 0 Å². The van der Waals surface area contributed by atoms with Gasteiger partial charge < -0.3 is 20.3 Å². The number of nitrogens with one attached hydrogen (secondary N) is 1. The molecule has 3 N–H and O–H groups in total. The standard InChI is InChI=1S/C15H21N5O/c1-19-5-7-20(8-6-19)11-3-4-12(14(9-11)21-2)13-10-17-18-15(13)16/h3-4,9-10H,5-8H2,1-2H3,(H3,16,17,18). The predicted octanol–water partition coefficient (Wildman–Crippen LogP) is 1.42. The molecule has 0 bridgehead atoms. The van der Waals surface area contributed by atoms with Gasteiger partial charge in [0.2, 0.25) is 0 Å². The number of aromatic nitrogens is 2. The minimum Gasteiger partial charge on any atom is -0.496 e. The molecule has 1 fully saturated rings. The molecule has 0 radical (unpaired) electrons. The molecule has 1 saturated heterocycles. The Labute approximate surface area is 124 Å². The zero-order chi connectivity index (χ0) is 14.8. The van der Waals surface area contributed by atoms with E-state index in [0.717, 1.165) is 43.1 Å². The molecule has 1 aliphatic rings. The summed E-state index contributed by atoms with van der Waals surface area (Å²) in [6.07, 6.45) is 1.72. The number of H-pyrrole nitrogens is 1. The van der Waals surface area contributed by atoms with E-state index in [9.17, 15) is 0 Å². The van der Waals surface area contributed by atoms with Crippen molar-refractivity contribution in [3.05, 3.63) is 24.4 Å². The highest BCUT2D eigenvalue weighted by molar-refractivity contribution is 5.79. The Morgan fingerprint density at radius 2 is 1.95 bits per heavy atom. The highest BCUT2D eigenvalue weighted by atomic mass is 16.5. The molecule has 0 saturated carbocycles. The number of nitrogen functional groups attached to an aromatic ring is 1. The summed E-state index contributed by atoms with van der Waals surface area (Å²) in [5, 5.41) is 6.73. The van der Waals surface area contributed by atoms with Crippen LogP contribution in [0, 0.1) is 0 Å². The molecule has 2 heterocycles. The maximum Gasteiger partial charge on any atom is 0.128 e. The third-order valence-corrected chi connectivity index (χ3v) is 4.01. The first-order chi connectivity index (χ1) is 10.2. The number of piperazine rings is 1. The summed E-state index contributed by atoms with van der Waals surface area (Å²) in [7, 11) is 3.84. The van der Waals surface area contributed by atoms with Gasteiger partial charge in [0, 0.05) is 49.1 Å². The van der Waals surface area contributed by atoms with Crippen molar-refractivity contribution in [3.8, 4) is 16.9 Å². The van der Waals surface area contributed by atoms with E-state index in [4.69, 9.17) is 10.5 Å². The zero-order valence-electron chi connectivity index (χ0n) is 12.5. The van der Waals surface area contributed by atoms with Crippen LogP contribution in [0.1, 0.15) is 0 Å². The number of anilines is 2. The molecule has 112 valence electrons. The maximum atomic E-state index is 5.90. The largest absolute Gasteiger partial charge is 0.496 e. The summed E-state index contributed by atoms with van der Waals surface area (Å²) in [5.41, 5.74) is 8.92. The van der Waals surface area contributed by atoms with Gasteiger partial charge in [-0.05, 0) is 19.2 Å². The highest BCUT2D eigenvalue weighted by Gasteiger charge is 2.17. The number of likely N-dealkylation sites (N-methyl/N-ethyl adjacent to an activating group) is 1. The number of nitrogens with zero attached hydrogens (tertiary/aromatic N) is 3. The number of aromatic amines is 1. The monoisotopic (exact) mass is 287 g/mol. The maximum absolute atomic E-state index is 5.90. The first-order valence-corrected chi connectivity index (χ1v) is 7.10. The Hall–Kier alpha value is -2.21. The van der Waals surface area contributed by atoms with Crippen LogP contribution in [0.5, 0.6) is 5.75 Å². The van der Waals surface area contributed by atoms with Crippen LogP contribution in [0.3, 0.4) is 0 Å². The summed E-state index contributed by atoms with van der Waals surface area (Å²) in [6, 6.07) is 6.25. The Balaban J connectivity index is 1.91. The lowest BCUT2D eigenvalue weighted by Crippen LogP contribution is -2.44. The number of hydrogen-bond donors (Lipinski definition) is 2. The number of rotatable bonds is 3. The van der Waals surface area contributed by atoms with E-state index in [0.29, 0.717) is 5.82 Å². The molecule has 0 spiro atoms. The number of hydrogen-bond acceptors (Lipinski definition) is 5. The zero-order valence-corrected chi connectivity index (χ0v) is 12.5. The molecule has 21 heavy (non-hydrogen) atoms. The SMILES string of the molecule is COc1cc(N2CCN(C)CC2)ccc1-c1cn[nH]c1N. The van der Waals surface area contributed by atoms with Gasteiger partial charge >= 0.3 is 0 Å². The lowest BCUT2D eigenvalue weighted by atomic mass is 10.1. The van der Waals surface area contributed by atoms with Gasteiger partial charge in [0.1, 0.15) is 11.6 Å². The van der Waals surface area contributed by atoms with E-state index >= 15 is 0 Å². The number of methoxy groups -OCH3 is 1. The minimum atomic E-state index is 0.556. The third-order valence-electron chi connectivity index (χ3n) is 4.01. The molecule has 1 aromatic carbocycles. The van der Waals surface area contributed by atoms with Gasteiger partial charge in [-0.1, -0.05) is 0 Å². The minimum absolute atomic E-state index is 0.556. The Morgan fingerprint density at radius 3 is 2.57 bits per heavy atom. The molecular weight excluding hydrogens is 266 g/mol. The van der Waals surface area contributed by atoms with E-state index < -0.39 is 0 Å². The summed E-state index contributed by atoms with van der Waals surface area (Å²) >= 11 is 0. The second kappa shape index (κ2) is 5.65. The van der Waals surface area contributed by atoms with Crippen LogP contribution in [0.2, 0.25) is 0 Å². The fourth-order valence-corrected chi connectivity index (χ4v) is 2.67. The van der Waals surface area contributed by atoms with Gasteiger partial charge in [-0.2, -0.15) is 5.10 Å². The second-order valence-corrected chi connectivity index (χ2v) is 5.37. The van der Waals surface area contributed by atoms with Crippen LogP contribution < -0.4 is 15.4 Å². The van der Waals surface area contributed by atoms with E-state index in [2.05, 4.69) is 39.2 Å². The van der Waals surface area contributed by atoms with E-state index in [1.54, 1.807) is 13.3 Å². The fraction of sp³-hybridized carbons (Fsp3) is 0.400. The second-order valence-electron chi connectivity index (χ2n) is 5.37. The molecule has 6 heteroatoms. The van der Waals surface area contributed by atoms with Gasteiger partial charge in [-0.3, -0.25) is 5.10 Å². The van der Waals surface area contributed by atoms with Crippen molar-refractivity contribution in [2.45, 2.75) is 0 Å². The van der Waals surface area contributed by atoms with E-state index in [1.165, 1.54) is 5.69 Å². The van der Waals surface area contributed by atoms with Crippen molar-refractivity contribution in [2.75, 3.05) is 51.0 Å². The summed E-state index contributed by atoms with van der Waals surface area (Å²) in [5.74, 6) is 1.38.